The fourth-order valence-electron chi connectivity index (χ4n) is 2.70. The smallest absolute Gasteiger partial charge is 0.343 e. The predicted molar refractivity (Wildman–Crippen MR) is 120 cm³/mol. The molecule has 1 amide bonds. The van der Waals surface area contributed by atoms with Gasteiger partial charge >= 0.3 is 5.97 Å². The Bertz CT molecular complexity index is 1180. The van der Waals surface area contributed by atoms with Crippen molar-refractivity contribution in [3.63, 3.8) is 0 Å². The van der Waals surface area contributed by atoms with Crippen LogP contribution < -0.4 is 19.6 Å². The number of esters is 1. The Morgan fingerprint density at radius 2 is 1.69 bits per heavy atom. The first-order chi connectivity index (χ1) is 15.4. The van der Waals surface area contributed by atoms with Gasteiger partial charge in [0.2, 0.25) is 0 Å². The first kappa shape index (κ1) is 23.0. The quantitative estimate of drug-likeness (QED) is 0.222. The highest BCUT2D eigenvalue weighted by Crippen LogP contribution is 2.29. The number of benzene rings is 3. The Labute approximate surface area is 191 Å². The average Bonchev–Trinajstić information content (AvgIpc) is 2.80. The van der Waals surface area contributed by atoms with Crippen molar-refractivity contribution in [2.45, 2.75) is 0 Å². The molecule has 0 aromatic heterocycles. The fourth-order valence-corrected chi connectivity index (χ4v) is 3.08. The third kappa shape index (κ3) is 5.50. The highest BCUT2D eigenvalue weighted by atomic mass is 79.9. The molecule has 0 unspecified atom stereocenters. The van der Waals surface area contributed by atoms with Crippen LogP contribution in [0.4, 0.5) is 4.39 Å². The Morgan fingerprint density at radius 1 is 0.969 bits per heavy atom. The number of carbonyl (C=O) groups excluding carboxylic acids is 2. The van der Waals surface area contributed by atoms with Crippen LogP contribution in [0.2, 0.25) is 0 Å². The summed E-state index contributed by atoms with van der Waals surface area (Å²) in [5, 5.41) is 3.85. The average molecular weight is 501 g/mol. The number of rotatable bonds is 7. The number of hydrogen-bond acceptors (Lipinski definition) is 6. The van der Waals surface area contributed by atoms with Gasteiger partial charge in [0.05, 0.1) is 31.6 Å². The molecule has 0 fully saturated rings. The summed E-state index contributed by atoms with van der Waals surface area (Å²) in [5.41, 5.74) is 2.77. The van der Waals surface area contributed by atoms with E-state index in [4.69, 9.17) is 14.2 Å². The van der Waals surface area contributed by atoms with E-state index >= 15 is 0 Å². The molecule has 9 heteroatoms. The lowest BCUT2D eigenvalue weighted by Crippen LogP contribution is -2.19. The van der Waals surface area contributed by atoms with Crippen LogP contribution in [0.5, 0.6) is 17.2 Å². The molecule has 0 saturated heterocycles. The van der Waals surface area contributed by atoms with Crippen molar-refractivity contribution < 1.29 is 28.2 Å². The van der Waals surface area contributed by atoms with Crippen molar-refractivity contribution >= 4 is 34.0 Å². The Hall–Kier alpha value is -3.72. The molecular weight excluding hydrogens is 483 g/mol. The SMILES string of the molecule is COc1ccc(C(=O)Oc2ccc(Br)cc2C=NNC(=O)c2ccccc2F)cc1OC. The number of nitrogens with one attached hydrogen (secondary N) is 1. The van der Waals surface area contributed by atoms with Crippen LogP contribution >= 0.6 is 15.9 Å². The van der Waals surface area contributed by atoms with Gasteiger partial charge in [-0.05, 0) is 48.5 Å². The first-order valence-electron chi connectivity index (χ1n) is 9.24. The lowest BCUT2D eigenvalue weighted by atomic mass is 10.2. The van der Waals surface area contributed by atoms with Gasteiger partial charge in [0, 0.05) is 10.0 Å². The van der Waals surface area contributed by atoms with Crippen LogP contribution in [0.1, 0.15) is 26.3 Å². The number of nitrogens with zero attached hydrogens (tertiary/aromatic N) is 1. The number of hydrazone groups is 1. The zero-order valence-electron chi connectivity index (χ0n) is 17.1. The minimum atomic E-state index is -0.710. The molecule has 7 nitrogen and oxygen atoms in total. The Morgan fingerprint density at radius 3 is 2.41 bits per heavy atom. The van der Waals surface area contributed by atoms with Crippen LogP contribution in [-0.4, -0.2) is 32.3 Å². The molecule has 3 aromatic rings. The molecule has 0 aliphatic rings. The Balaban J connectivity index is 1.78. The normalized spacial score (nSPS) is 10.6. The molecule has 0 spiro atoms. The molecule has 32 heavy (non-hydrogen) atoms. The summed E-state index contributed by atoms with van der Waals surface area (Å²) in [5.74, 6) is -0.929. The van der Waals surface area contributed by atoms with E-state index < -0.39 is 17.7 Å². The summed E-state index contributed by atoms with van der Waals surface area (Å²) in [7, 11) is 2.96. The molecule has 1 N–H and O–H groups in total. The zero-order chi connectivity index (χ0) is 23.1. The molecule has 0 atom stereocenters. The van der Waals surface area contributed by atoms with E-state index in [0.717, 1.165) is 0 Å². The van der Waals surface area contributed by atoms with E-state index in [1.54, 1.807) is 36.4 Å². The lowest BCUT2D eigenvalue weighted by molar-refractivity contribution is 0.0733. The molecule has 3 aromatic carbocycles. The molecule has 0 saturated carbocycles. The molecule has 0 aliphatic carbocycles. The van der Waals surface area contributed by atoms with Gasteiger partial charge in [-0.15, -0.1) is 0 Å². The van der Waals surface area contributed by atoms with Gasteiger partial charge in [0.15, 0.2) is 11.5 Å². The fraction of sp³-hybridized carbons (Fsp3) is 0.0870. The van der Waals surface area contributed by atoms with Crippen molar-refractivity contribution in [3.8, 4) is 17.2 Å². The largest absolute Gasteiger partial charge is 0.493 e. The predicted octanol–water partition coefficient (Wildman–Crippen LogP) is 4.59. The maximum Gasteiger partial charge on any atom is 0.343 e. The summed E-state index contributed by atoms with van der Waals surface area (Å²) in [6.45, 7) is 0. The monoisotopic (exact) mass is 500 g/mol. The lowest BCUT2D eigenvalue weighted by Gasteiger charge is -2.11. The third-order valence-electron chi connectivity index (χ3n) is 4.28. The summed E-state index contributed by atoms with van der Waals surface area (Å²) < 4.78 is 30.3. The van der Waals surface area contributed by atoms with Gasteiger partial charge in [-0.1, -0.05) is 28.1 Å². The number of methoxy groups -OCH3 is 2. The number of carbonyl (C=O) groups is 2. The molecule has 3 rings (SSSR count). The topological polar surface area (TPSA) is 86.2 Å². The van der Waals surface area contributed by atoms with Crippen LogP contribution in [0.15, 0.2) is 70.2 Å². The molecule has 164 valence electrons. The second kappa shape index (κ2) is 10.5. The van der Waals surface area contributed by atoms with Crippen LogP contribution in [0, 0.1) is 5.82 Å². The second-order valence-electron chi connectivity index (χ2n) is 6.32. The highest BCUT2D eigenvalue weighted by Gasteiger charge is 2.15. The molecule has 0 heterocycles. The summed E-state index contributed by atoms with van der Waals surface area (Å²) in [4.78, 5) is 24.7. The first-order valence-corrected chi connectivity index (χ1v) is 10.0. The number of halogens is 2. The molecule has 0 aliphatic heterocycles. The van der Waals surface area contributed by atoms with Crippen LogP contribution in [0.25, 0.3) is 0 Å². The maximum atomic E-state index is 13.7. The van der Waals surface area contributed by atoms with E-state index in [0.29, 0.717) is 21.5 Å². The van der Waals surface area contributed by atoms with Gasteiger partial charge in [0.25, 0.3) is 5.91 Å². The summed E-state index contributed by atoms with van der Waals surface area (Å²) >= 11 is 3.34. The number of hydrogen-bond donors (Lipinski definition) is 1. The Kier molecular flexibility index (Phi) is 7.56. The van der Waals surface area contributed by atoms with E-state index in [9.17, 15) is 14.0 Å². The number of ether oxygens (including phenoxy) is 3. The maximum absolute atomic E-state index is 13.7. The van der Waals surface area contributed by atoms with Gasteiger partial charge in [-0.3, -0.25) is 4.79 Å². The number of amides is 1. The van der Waals surface area contributed by atoms with Gasteiger partial charge < -0.3 is 14.2 Å². The minimum Gasteiger partial charge on any atom is -0.493 e. The minimum absolute atomic E-state index is 0.140. The van der Waals surface area contributed by atoms with Gasteiger partial charge in [0.1, 0.15) is 11.6 Å². The summed E-state index contributed by atoms with van der Waals surface area (Å²) in [6.07, 6.45) is 1.29. The molecular formula is C23H18BrFN2O5. The van der Waals surface area contributed by atoms with Crippen molar-refractivity contribution in [3.05, 3.63) is 87.6 Å². The highest BCUT2D eigenvalue weighted by molar-refractivity contribution is 9.10. The second-order valence-corrected chi connectivity index (χ2v) is 7.24. The van der Waals surface area contributed by atoms with Gasteiger partial charge in [-0.2, -0.15) is 5.10 Å². The van der Waals surface area contributed by atoms with Crippen LogP contribution in [-0.2, 0) is 0 Å². The van der Waals surface area contributed by atoms with E-state index in [1.807, 2.05) is 0 Å². The van der Waals surface area contributed by atoms with Crippen LogP contribution in [0.3, 0.4) is 0 Å². The van der Waals surface area contributed by atoms with E-state index in [-0.39, 0.29) is 16.9 Å². The summed E-state index contributed by atoms with van der Waals surface area (Å²) in [6, 6.07) is 15.1. The van der Waals surface area contributed by atoms with E-state index in [1.165, 1.54) is 44.7 Å². The van der Waals surface area contributed by atoms with Gasteiger partial charge in [-0.25, -0.2) is 14.6 Å². The molecule has 0 radical (unpaired) electrons. The molecule has 0 bridgehead atoms. The van der Waals surface area contributed by atoms with Crippen molar-refractivity contribution in [1.82, 2.24) is 5.43 Å². The zero-order valence-corrected chi connectivity index (χ0v) is 18.7. The van der Waals surface area contributed by atoms with Crippen molar-refractivity contribution in [1.29, 1.82) is 0 Å². The van der Waals surface area contributed by atoms with Crippen molar-refractivity contribution in [2.24, 2.45) is 5.10 Å². The third-order valence-corrected chi connectivity index (χ3v) is 4.78. The van der Waals surface area contributed by atoms with E-state index in [2.05, 4.69) is 26.5 Å². The standard InChI is InChI=1S/C23H18BrFN2O5/c1-30-20-9-7-14(12-21(20)31-2)23(29)32-19-10-8-16(24)11-15(19)13-26-27-22(28)17-5-3-4-6-18(17)25/h3-13H,1-2H3,(H,27,28). The van der Waals surface area contributed by atoms with Crippen molar-refractivity contribution in [2.75, 3.05) is 14.2 Å².